The van der Waals surface area contributed by atoms with E-state index < -0.39 is 0 Å². The predicted octanol–water partition coefficient (Wildman–Crippen LogP) is 19.0. The Labute approximate surface area is 416 Å². The molecule has 69 heavy (non-hydrogen) atoms. The van der Waals surface area contributed by atoms with Crippen molar-refractivity contribution in [2.75, 3.05) is 0 Å². The maximum atomic E-state index is 2.72. The van der Waals surface area contributed by atoms with Crippen molar-refractivity contribution < 1.29 is 0 Å². The van der Waals surface area contributed by atoms with Gasteiger partial charge in [0.25, 0.3) is 0 Å². The van der Waals surface area contributed by atoms with Crippen LogP contribution >= 0.6 is 0 Å². The van der Waals surface area contributed by atoms with Gasteiger partial charge in [0, 0.05) is 11.8 Å². The molecular formula is C69H74. The molecule has 0 radical (unpaired) electrons. The molecule has 0 spiro atoms. The van der Waals surface area contributed by atoms with Crippen molar-refractivity contribution in [1.82, 2.24) is 0 Å². The summed E-state index contributed by atoms with van der Waals surface area (Å²) in [6, 6.07) is 65.6. The molecule has 0 heteroatoms. The molecule has 5 atom stereocenters. The number of unbranched alkanes of at least 4 members (excludes halogenated alkanes) is 1. The Morgan fingerprint density at radius 3 is 1.87 bits per heavy atom. The highest BCUT2D eigenvalue weighted by Gasteiger charge is 2.34. The first-order valence-electron chi connectivity index (χ1n) is 26.1. The zero-order chi connectivity index (χ0) is 48.0. The number of fused-ring (bicyclic) bond motifs is 2. The second kappa shape index (κ2) is 24.2. The van der Waals surface area contributed by atoms with Gasteiger partial charge in [0.05, 0.1) is 0 Å². The van der Waals surface area contributed by atoms with Crippen molar-refractivity contribution in [3.8, 4) is 22.3 Å². The summed E-state index contributed by atoms with van der Waals surface area (Å²) in [5.41, 5.74) is 21.4. The number of rotatable bonds is 13. The quantitative estimate of drug-likeness (QED) is 0.0799. The highest BCUT2D eigenvalue weighted by molar-refractivity contribution is 5.74. The molecule has 0 nitrogen and oxygen atoms in total. The fourth-order valence-corrected chi connectivity index (χ4v) is 11.3. The molecule has 1 fully saturated rings. The van der Waals surface area contributed by atoms with E-state index in [0.717, 1.165) is 38.5 Å². The average Bonchev–Trinajstić information content (AvgIpc) is 3.71. The number of benzene rings is 7. The lowest BCUT2D eigenvalue weighted by molar-refractivity contribution is 0.545. The molecule has 10 rings (SSSR count). The molecule has 0 heterocycles. The van der Waals surface area contributed by atoms with E-state index in [-0.39, 0.29) is 5.92 Å². The smallest absolute Gasteiger partial charge is 0.0258 e. The molecule has 7 aromatic carbocycles. The number of aryl methyl sites for hydroxylation is 5. The van der Waals surface area contributed by atoms with Crippen LogP contribution in [0.2, 0.25) is 0 Å². The van der Waals surface area contributed by atoms with Crippen molar-refractivity contribution in [2.24, 2.45) is 11.8 Å². The molecular weight excluding hydrogens is 829 g/mol. The molecule has 0 amide bonds. The van der Waals surface area contributed by atoms with Gasteiger partial charge in [-0.2, -0.15) is 0 Å². The van der Waals surface area contributed by atoms with Gasteiger partial charge in [-0.05, 0) is 163 Å². The van der Waals surface area contributed by atoms with Gasteiger partial charge in [-0.1, -0.05) is 244 Å². The summed E-state index contributed by atoms with van der Waals surface area (Å²) in [6.07, 6.45) is 23.6. The normalized spacial score (nSPS) is 17.8. The van der Waals surface area contributed by atoms with Gasteiger partial charge in [-0.25, -0.2) is 0 Å². The SMILES string of the molecule is CC.Cc1ccc(C(c2ccccc2)C2C=C3CCC(=CC2)C3c2ccc(C(C)C3C=CC=CC3)c(-c3ccccc3C)c2)cc1-c1ccccc1CCCCc1ccccc1.Cc1ccccc1. The van der Waals surface area contributed by atoms with E-state index in [1.165, 1.54) is 85.2 Å². The van der Waals surface area contributed by atoms with Gasteiger partial charge >= 0.3 is 0 Å². The van der Waals surface area contributed by atoms with Gasteiger partial charge < -0.3 is 0 Å². The van der Waals surface area contributed by atoms with Gasteiger partial charge in [0.1, 0.15) is 0 Å². The van der Waals surface area contributed by atoms with Crippen molar-refractivity contribution >= 4 is 0 Å². The third-order valence-electron chi connectivity index (χ3n) is 15.0. The number of allylic oxidation sites excluding steroid dienone is 8. The highest BCUT2D eigenvalue weighted by atomic mass is 14.4. The van der Waals surface area contributed by atoms with Crippen LogP contribution < -0.4 is 0 Å². The minimum atomic E-state index is 0.260. The monoisotopic (exact) mass is 903 g/mol. The van der Waals surface area contributed by atoms with Crippen LogP contribution in [0.3, 0.4) is 0 Å². The lowest BCUT2D eigenvalue weighted by Crippen LogP contribution is -2.13. The Kier molecular flexibility index (Phi) is 17.1. The van der Waals surface area contributed by atoms with Crippen LogP contribution in [0.4, 0.5) is 0 Å². The summed E-state index contributed by atoms with van der Waals surface area (Å²) in [4.78, 5) is 0. The average molecular weight is 903 g/mol. The minimum Gasteiger partial charge on any atom is -0.0839 e. The fourth-order valence-electron chi connectivity index (χ4n) is 11.3. The molecule has 3 aliphatic carbocycles. The highest BCUT2D eigenvalue weighted by Crippen LogP contribution is 2.51. The Hall–Kier alpha value is -6.50. The van der Waals surface area contributed by atoms with Crippen LogP contribution in [0.1, 0.15) is 127 Å². The summed E-state index contributed by atoms with van der Waals surface area (Å²) in [5.74, 6) is 1.92. The van der Waals surface area contributed by atoms with Gasteiger partial charge in [0.2, 0.25) is 0 Å². The fraction of sp³-hybridized carbons (Fsp3) is 0.275. The van der Waals surface area contributed by atoms with Crippen LogP contribution in [0.15, 0.2) is 224 Å². The summed E-state index contributed by atoms with van der Waals surface area (Å²) < 4.78 is 0. The first-order chi connectivity index (χ1) is 33.9. The summed E-state index contributed by atoms with van der Waals surface area (Å²) in [5, 5.41) is 0. The summed E-state index contributed by atoms with van der Waals surface area (Å²) in [6.45, 7) is 13.1. The number of hydrogen-bond acceptors (Lipinski definition) is 0. The second-order valence-electron chi connectivity index (χ2n) is 19.5. The van der Waals surface area contributed by atoms with Crippen LogP contribution in [-0.4, -0.2) is 0 Å². The molecule has 3 aliphatic rings. The molecule has 350 valence electrons. The maximum absolute atomic E-state index is 2.72. The van der Waals surface area contributed by atoms with Gasteiger partial charge in [0.15, 0.2) is 0 Å². The third kappa shape index (κ3) is 12.0. The van der Waals surface area contributed by atoms with E-state index >= 15 is 0 Å². The zero-order valence-electron chi connectivity index (χ0n) is 42.3. The van der Waals surface area contributed by atoms with E-state index in [4.69, 9.17) is 0 Å². The lowest BCUT2D eigenvalue weighted by atomic mass is 9.76. The summed E-state index contributed by atoms with van der Waals surface area (Å²) in [7, 11) is 0. The maximum Gasteiger partial charge on any atom is 0.0258 e. The summed E-state index contributed by atoms with van der Waals surface area (Å²) >= 11 is 0. The Morgan fingerprint density at radius 2 is 1.16 bits per heavy atom. The van der Waals surface area contributed by atoms with Gasteiger partial charge in [-0.15, -0.1) is 0 Å². The second-order valence-corrected chi connectivity index (χ2v) is 19.5. The Balaban J connectivity index is 0.000000649. The standard InChI is InChI=1S/C60H60.C7H8.C2H6/c1-42-19-13-17-29-54(42)58-41-53(37-38-55(58)44(3)46-23-9-5-10-24-46)60-49-33-35-50(39-51(60)36-34-49)59(48-27-11-6-12-28-48)52-32-31-43(2)57(40-52)56-30-18-16-26-47(56)25-15-14-22-45-20-7-4-8-21-45;1-7-5-3-2-4-6-7;1-2/h4-13,16-21,23,26-33,37-41,44,46,50,59-60H,14-15,22,24-25,34-36H2,1-3H3;2-6H,1H3;1-2H3. The van der Waals surface area contributed by atoms with Crippen LogP contribution in [-0.2, 0) is 12.8 Å². The van der Waals surface area contributed by atoms with E-state index in [1.54, 1.807) is 11.1 Å². The molecule has 2 bridgehead atoms. The molecule has 0 N–H and O–H groups in total. The van der Waals surface area contributed by atoms with E-state index in [2.05, 4.69) is 222 Å². The van der Waals surface area contributed by atoms with E-state index in [0.29, 0.717) is 23.7 Å². The molecule has 1 saturated carbocycles. The van der Waals surface area contributed by atoms with E-state index in [9.17, 15) is 0 Å². The first kappa shape index (κ1) is 48.9. The Bertz CT molecular complexity index is 2850. The lowest BCUT2D eigenvalue weighted by Gasteiger charge is -2.27. The van der Waals surface area contributed by atoms with Crippen LogP contribution in [0.25, 0.3) is 22.3 Å². The van der Waals surface area contributed by atoms with Crippen molar-refractivity contribution in [3.63, 3.8) is 0 Å². The third-order valence-corrected chi connectivity index (χ3v) is 15.0. The van der Waals surface area contributed by atoms with Gasteiger partial charge in [-0.3, -0.25) is 0 Å². The van der Waals surface area contributed by atoms with Crippen LogP contribution in [0.5, 0.6) is 0 Å². The molecule has 0 saturated heterocycles. The van der Waals surface area contributed by atoms with Crippen molar-refractivity contribution in [3.05, 3.63) is 274 Å². The largest absolute Gasteiger partial charge is 0.0839 e. The number of hydrogen-bond donors (Lipinski definition) is 0. The predicted molar refractivity (Wildman–Crippen MR) is 298 cm³/mol. The van der Waals surface area contributed by atoms with Crippen molar-refractivity contribution in [2.45, 2.75) is 111 Å². The van der Waals surface area contributed by atoms with E-state index in [1.807, 2.05) is 32.0 Å². The molecule has 5 unspecified atom stereocenters. The zero-order valence-corrected chi connectivity index (χ0v) is 42.3. The minimum absolute atomic E-state index is 0.260. The topological polar surface area (TPSA) is 0 Å². The van der Waals surface area contributed by atoms with Crippen molar-refractivity contribution in [1.29, 1.82) is 0 Å². The first-order valence-corrected chi connectivity index (χ1v) is 26.1. The van der Waals surface area contributed by atoms with Crippen LogP contribution in [0, 0.1) is 32.6 Å². The molecule has 0 aromatic heterocycles. The molecule has 0 aliphatic heterocycles. The Morgan fingerprint density at radius 1 is 0.507 bits per heavy atom. The molecule has 7 aromatic rings.